The molecule has 1 aromatic carbocycles. The third-order valence-corrected chi connectivity index (χ3v) is 4.35. The van der Waals surface area contributed by atoms with Crippen molar-refractivity contribution in [2.75, 3.05) is 14.2 Å². The van der Waals surface area contributed by atoms with E-state index in [0.717, 1.165) is 0 Å². The third-order valence-electron chi connectivity index (χ3n) is 3.46. The Hall–Kier alpha value is -2.67. The molecule has 0 fully saturated rings. The lowest BCUT2D eigenvalue weighted by Crippen LogP contribution is -2.24. The van der Waals surface area contributed by atoms with Gasteiger partial charge in [0.15, 0.2) is 17.3 Å². The Balaban J connectivity index is 1.91. The Morgan fingerprint density at radius 1 is 1.22 bits per heavy atom. The minimum absolute atomic E-state index is 0.0742. The first kappa shape index (κ1) is 15.2. The SMILES string of the molecule is COc1ccc(C(=O)Cn2cnc3ccsc3c2=O)cc1OC. The van der Waals surface area contributed by atoms with E-state index in [1.807, 2.05) is 0 Å². The molecular formula is C16H14N2O4S. The van der Waals surface area contributed by atoms with Crippen molar-refractivity contribution in [3.05, 3.63) is 51.9 Å². The Bertz CT molecular complexity index is 929. The molecule has 0 saturated heterocycles. The summed E-state index contributed by atoms with van der Waals surface area (Å²) in [5, 5.41) is 1.81. The van der Waals surface area contributed by atoms with Gasteiger partial charge in [-0.15, -0.1) is 11.3 Å². The monoisotopic (exact) mass is 330 g/mol. The number of nitrogens with zero attached hydrogens (tertiary/aromatic N) is 2. The van der Waals surface area contributed by atoms with Crippen molar-refractivity contribution < 1.29 is 14.3 Å². The molecule has 0 amide bonds. The fraction of sp³-hybridized carbons (Fsp3) is 0.188. The standard InChI is InChI=1S/C16H14N2O4S/c1-21-13-4-3-10(7-14(13)22-2)12(19)8-18-9-17-11-5-6-23-15(11)16(18)20/h3-7,9H,8H2,1-2H3. The summed E-state index contributed by atoms with van der Waals surface area (Å²) in [6.07, 6.45) is 1.40. The summed E-state index contributed by atoms with van der Waals surface area (Å²) in [6.45, 7) is -0.0742. The zero-order valence-electron chi connectivity index (χ0n) is 12.6. The summed E-state index contributed by atoms with van der Waals surface area (Å²) in [4.78, 5) is 28.9. The van der Waals surface area contributed by atoms with Crippen molar-refractivity contribution in [1.82, 2.24) is 9.55 Å². The number of fused-ring (bicyclic) bond motifs is 1. The van der Waals surface area contributed by atoms with Gasteiger partial charge in [-0.25, -0.2) is 4.98 Å². The smallest absolute Gasteiger partial charge is 0.271 e. The van der Waals surface area contributed by atoms with Gasteiger partial charge in [-0.05, 0) is 29.6 Å². The molecule has 118 valence electrons. The summed E-state index contributed by atoms with van der Waals surface area (Å²) < 4.78 is 12.2. The largest absolute Gasteiger partial charge is 0.493 e. The van der Waals surface area contributed by atoms with Gasteiger partial charge in [0.05, 0.1) is 32.6 Å². The van der Waals surface area contributed by atoms with Gasteiger partial charge in [0.2, 0.25) is 0 Å². The average Bonchev–Trinajstić information content (AvgIpc) is 3.06. The fourth-order valence-corrected chi connectivity index (χ4v) is 3.04. The second-order valence-corrected chi connectivity index (χ2v) is 5.72. The zero-order valence-corrected chi connectivity index (χ0v) is 13.4. The summed E-state index contributed by atoms with van der Waals surface area (Å²) in [5.41, 5.74) is 0.884. The molecule has 23 heavy (non-hydrogen) atoms. The molecule has 3 aromatic rings. The number of methoxy groups -OCH3 is 2. The van der Waals surface area contributed by atoms with Crippen molar-refractivity contribution in [3.63, 3.8) is 0 Å². The van der Waals surface area contributed by atoms with Crippen molar-refractivity contribution in [1.29, 1.82) is 0 Å². The number of benzene rings is 1. The molecule has 0 spiro atoms. The summed E-state index contributed by atoms with van der Waals surface area (Å²) in [6, 6.07) is 6.69. The molecule has 0 saturated carbocycles. The molecule has 0 aliphatic rings. The van der Waals surface area contributed by atoms with E-state index in [4.69, 9.17) is 9.47 Å². The van der Waals surface area contributed by atoms with E-state index in [2.05, 4.69) is 4.98 Å². The Morgan fingerprint density at radius 2 is 2.00 bits per heavy atom. The number of thiophene rings is 1. The Kier molecular flexibility index (Phi) is 4.12. The molecular weight excluding hydrogens is 316 g/mol. The number of ketones is 1. The van der Waals surface area contributed by atoms with Crippen molar-refractivity contribution in [2.24, 2.45) is 0 Å². The fourth-order valence-electron chi connectivity index (χ4n) is 2.25. The minimum atomic E-state index is -0.209. The van der Waals surface area contributed by atoms with Gasteiger partial charge in [0, 0.05) is 5.56 Å². The zero-order chi connectivity index (χ0) is 16.4. The van der Waals surface area contributed by atoms with Crippen molar-refractivity contribution in [3.8, 4) is 11.5 Å². The lowest BCUT2D eigenvalue weighted by atomic mass is 10.1. The first-order valence-corrected chi connectivity index (χ1v) is 7.70. The van der Waals surface area contributed by atoms with Gasteiger partial charge >= 0.3 is 0 Å². The second kappa shape index (κ2) is 6.21. The van der Waals surface area contributed by atoms with Crippen LogP contribution in [0, 0.1) is 0 Å². The van der Waals surface area contributed by atoms with Gasteiger partial charge in [-0.2, -0.15) is 0 Å². The molecule has 0 atom stereocenters. The van der Waals surface area contributed by atoms with Crippen LogP contribution in [0.4, 0.5) is 0 Å². The van der Waals surface area contributed by atoms with Crippen LogP contribution in [-0.4, -0.2) is 29.6 Å². The quantitative estimate of drug-likeness (QED) is 0.672. The first-order chi connectivity index (χ1) is 11.1. The van der Waals surface area contributed by atoms with E-state index < -0.39 is 0 Å². The highest BCUT2D eigenvalue weighted by atomic mass is 32.1. The van der Waals surface area contributed by atoms with Crippen molar-refractivity contribution >= 4 is 27.3 Å². The Labute approximate surface area is 135 Å². The van der Waals surface area contributed by atoms with E-state index >= 15 is 0 Å². The predicted molar refractivity (Wildman–Crippen MR) is 87.8 cm³/mol. The number of aromatic nitrogens is 2. The number of Topliss-reactive ketones (excluding diaryl/α,β-unsaturated/α-hetero) is 1. The lowest BCUT2D eigenvalue weighted by Gasteiger charge is -2.09. The summed E-state index contributed by atoms with van der Waals surface area (Å²) >= 11 is 1.32. The Morgan fingerprint density at radius 3 is 2.74 bits per heavy atom. The summed E-state index contributed by atoms with van der Waals surface area (Å²) in [5.74, 6) is 0.811. The number of rotatable bonds is 5. The van der Waals surface area contributed by atoms with E-state index in [-0.39, 0.29) is 17.9 Å². The highest BCUT2D eigenvalue weighted by Crippen LogP contribution is 2.27. The van der Waals surface area contributed by atoms with Gasteiger partial charge < -0.3 is 9.47 Å². The van der Waals surface area contributed by atoms with Crippen LogP contribution in [0.15, 0.2) is 40.8 Å². The van der Waals surface area contributed by atoms with Gasteiger partial charge in [-0.3, -0.25) is 14.2 Å². The average molecular weight is 330 g/mol. The molecule has 0 radical (unpaired) electrons. The molecule has 0 unspecified atom stereocenters. The molecule has 7 heteroatoms. The molecule has 0 N–H and O–H groups in total. The van der Waals surface area contributed by atoms with Crippen LogP contribution in [0.2, 0.25) is 0 Å². The molecule has 2 aromatic heterocycles. The number of hydrogen-bond acceptors (Lipinski definition) is 6. The predicted octanol–water partition coefficient (Wildman–Crippen LogP) is 2.36. The maximum Gasteiger partial charge on any atom is 0.271 e. The molecule has 0 aliphatic carbocycles. The van der Waals surface area contributed by atoms with Crippen LogP contribution in [0.5, 0.6) is 11.5 Å². The maximum absolute atomic E-state index is 12.4. The van der Waals surface area contributed by atoms with Crippen LogP contribution < -0.4 is 15.0 Å². The van der Waals surface area contributed by atoms with Crippen LogP contribution in [0.3, 0.4) is 0 Å². The van der Waals surface area contributed by atoms with Crippen LogP contribution in [0.25, 0.3) is 10.2 Å². The highest BCUT2D eigenvalue weighted by molar-refractivity contribution is 7.17. The molecule has 0 bridgehead atoms. The van der Waals surface area contributed by atoms with Crippen LogP contribution in [0.1, 0.15) is 10.4 Å². The number of ether oxygens (including phenoxy) is 2. The van der Waals surface area contributed by atoms with Gasteiger partial charge in [0.25, 0.3) is 5.56 Å². The van der Waals surface area contributed by atoms with E-state index in [1.54, 1.807) is 29.6 Å². The highest BCUT2D eigenvalue weighted by Gasteiger charge is 2.13. The second-order valence-electron chi connectivity index (χ2n) is 4.81. The first-order valence-electron chi connectivity index (χ1n) is 6.82. The van der Waals surface area contributed by atoms with Crippen LogP contribution in [-0.2, 0) is 6.54 Å². The molecule has 0 aliphatic heterocycles. The topological polar surface area (TPSA) is 70.4 Å². The van der Waals surface area contributed by atoms with E-state index in [1.165, 1.54) is 36.5 Å². The number of carbonyl (C=O) groups excluding carboxylic acids is 1. The normalized spacial score (nSPS) is 10.7. The minimum Gasteiger partial charge on any atom is -0.493 e. The number of carbonyl (C=O) groups is 1. The van der Waals surface area contributed by atoms with Crippen LogP contribution >= 0.6 is 11.3 Å². The van der Waals surface area contributed by atoms with Gasteiger partial charge in [-0.1, -0.05) is 0 Å². The number of hydrogen-bond donors (Lipinski definition) is 0. The van der Waals surface area contributed by atoms with E-state index in [9.17, 15) is 9.59 Å². The van der Waals surface area contributed by atoms with Gasteiger partial charge in [0.1, 0.15) is 4.70 Å². The van der Waals surface area contributed by atoms with Crippen molar-refractivity contribution in [2.45, 2.75) is 6.54 Å². The maximum atomic E-state index is 12.4. The van der Waals surface area contributed by atoms with E-state index in [0.29, 0.717) is 27.3 Å². The third kappa shape index (κ3) is 2.83. The molecule has 6 nitrogen and oxygen atoms in total. The molecule has 2 heterocycles. The lowest BCUT2D eigenvalue weighted by molar-refractivity contribution is 0.0970. The molecule has 3 rings (SSSR count). The summed E-state index contributed by atoms with van der Waals surface area (Å²) in [7, 11) is 3.03.